The van der Waals surface area contributed by atoms with Crippen molar-refractivity contribution in [3.8, 4) is 11.3 Å². The Labute approximate surface area is 167 Å². The van der Waals surface area contributed by atoms with Crippen LogP contribution in [0.5, 0.6) is 0 Å². The molecular formula is C20H23N7O2. The highest BCUT2D eigenvalue weighted by molar-refractivity contribution is 6.06. The van der Waals surface area contributed by atoms with Gasteiger partial charge in [-0.25, -0.2) is 4.98 Å². The van der Waals surface area contributed by atoms with Gasteiger partial charge in [0.25, 0.3) is 11.6 Å². The van der Waals surface area contributed by atoms with Gasteiger partial charge in [-0.1, -0.05) is 12.1 Å². The van der Waals surface area contributed by atoms with Gasteiger partial charge < -0.3 is 9.84 Å². The molecule has 0 spiro atoms. The number of hydrogen-bond acceptors (Lipinski definition) is 6. The molecule has 4 aromatic rings. The number of pyridine rings is 1. The number of amides is 1. The predicted octanol–water partition coefficient (Wildman–Crippen LogP) is 2.50. The van der Waals surface area contributed by atoms with Crippen molar-refractivity contribution in [1.29, 1.82) is 0 Å². The Morgan fingerprint density at radius 2 is 2.17 bits per heavy atom. The number of fused-ring (bicyclic) bond motifs is 1. The highest BCUT2D eigenvalue weighted by atomic mass is 16.5. The summed E-state index contributed by atoms with van der Waals surface area (Å²) in [5.41, 5.74) is 3.87. The zero-order valence-corrected chi connectivity index (χ0v) is 16.9. The largest absolute Gasteiger partial charge is 0.352 e. The second kappa shape index (κ2) is 7.50. The van der Waals surface area contributed by atoms with Gasteiger partial charge in [0, 0.05) is 38.1 Å². The summed E-state index contributed by atoms with van der Waals surface area (Å²) in [6.45, 7) is 7.09. The fourth-order valence-corrected chi connectivity index (χ4v) is 3.29. The van der Waals surface area contributed by atoms with Crippen LogP contribution in [0.15, 0.2) is 35.2 Å². The van der Waals surface area contributed by atoms with E-state index in [1.54, 1.807) is 23.9 Å². The Kier molecular flexibility index (Phi) is 4.87. The fourth-order valence-electron chi connectivity index (χ4n) is 3.29. The lowest BCUT2D eigenvalue weighted by Crippen LogP contribution is -2.30. The molecule has 0 aliphatic carbocycles. The molecular weight excluding hydrogens is 370 g/mol. The lowest BCUT2D eigenvalue weighted by atomic mass is 10.1. The summed E-state index contributed by atoms with van der Waals surface area (Å²) in [5, 5.41) is 16.2. The van der Waals surface area contributed by atoms with Crippen molar-refractivity contribution in [3.63, 3.8) is 0 Å². The molecule has 1 N–H and O–H groups in total. The van der Waals surface area contributed by atoms with Crippen molar-refractivity contribution >= 4 is 17.0 Å². The van der Waals surface area contributed by atoms with Gasteiger partial charge in [-0.3, -0.25) is 14.2 Å². The highest BCUT2D eigenvalue weighted by Crippen LogP contribution is 2.26. The second-order valence-corrected chi connectivity index (χ2v) is 7.40. The average Bonchev–Trinajstić information content (AvgIpc) is 3.40. The molecule has 4 heterocycles. The molecule has 150 valence electrons. The molecule has 0 aliphatic rings. The van der Waals surface area contributed by atoms with Gasteiger partial charge in [0.05, 0.1) is 34.2 Å². The molecule has 4 aromatic heterocycles. The van der Waals surface area contributed by atoms with Crippen molar-refractivity contribution in [2.24, 2.45) is 13.0 Å². The summed E-state index contributed by atoms with van der Waals surface area (Å²) >= 11 is 0. The number of hydrogen-bond donors (Lipinski definition) is 1. The van der Waals surface area contributed by atoms with Gasteiger partial charge in [0.2, 0.25) is 0 Å². The molecule has 1 amide bonds. The van der Waals surface area contributed by atoms with Crippen molar-refractivity contribution in [3.05, 3.63) is 47.7 Å². The molecule has 0 aromatic carbocycles. The fraction of sp³-hybridized carbons (Fsp3) is 0.350. The summed E-state index contributed by atoms with van der Waals surface area (Å²) in [6, 6.07) is 3.73. The third kappa shape index (κ3) is 3.89. The summed E-state index contributed by atoms with van der Waals surface area (Å²) in [6.07, 6.45) is 5.49. The van der Waals surface area contributed by atoms with Crippen molar-refractivity contribution in [2.75, 3.05) is 6.54 Å². The van der Waals surface area contributed by atoms with Gasteiger partial charge in [-0.05, 0) is 31.9 Å². The summed E-state index contributed by atoms with van der Waals surface area (Å²) in [7, 11) is 1.83. The van der Waals surface area contributed by atoms with Gasteiger partial charge in [0.1, 0.15) is 0 Å². The van der Waals surface area contributed by atoms with E-state index in [1.807, 2.05) is 37.1 Å². The van der Waals surface area contributed by atoms with Crippen LogP contribution in [0.2, 0.25) is 0 Å². The van der Waals surface area contributed by atoms with Crippen LogP contribution >= 0.6 is 0 Å². The van der Waals surface area contributed by atoms with Crippen LogP contribution in [0, 0.1) is 19.8 Å². The lowest BCUT2D eigenvalue weighted by Gasteiger charge is -2.13. The van der Waals surface area contributed by atoms with Gasteiger partial charge in [-0.15, -0.1) is 0 Å². The maximum Gasteiger partial charge on any atom is 0.259 e. The number of aryl methyl sites for hydroxylation is 3. The van der Waals surface area contributed by atoms with Gasteiger partial charge in [-0.2, -0.15) is 10.2 Å². The Bertz CT molecular complexity index is 1170. The number of carbonyl (C=O) groups is 1. The molecule has 0 radical (unpaired) electrons. The first kappa shape index (κ1) is 18.9. The number of rotatable bonds is 6. The summed E-state index contributed by atoms with van der Waals surface area (Å²) in [5.74, 6) is 0.0364. The van der Waals surface area contributed by atoms with Crippen LogP contribution < -0.4 is 5.32 Å². The smallest absolute Gasteiger partial charge is 0.259 e. The van der Waals surface area contributed by atoms with Crippen LogP contribution in [0.25, 0.3) is 22.4 Å². The highest BCUT2D eigenvalue weighted by Gasteiger charge is 2.20. The molecule has 29 heavy (non-hydrogen) atoms. The van der Waals surface area contributed by atoms with Crippen molar-refractivity contribution < 1.29 is 9.32 Å². The molecule has 0 bridgehead atoms. The number of nitrogens with one attached hydrogen (secondary N) is 1. The Balaban J connectivity index is 1.56. The van der Waals surface area contributed by atoms with E-state index in [-0.39, 0.29) is 11.8 Å². The topological polar surface area (TPSA) is 104 Å². The monoisotopic (exact) mass is 393 g/mol. The van der Waals surface area contributed by atoms with E-state index in [9.17, 15) is 4.79 Å². The van der Waals surface area contributed by atoms with Crippen molar-refractivity contribution in [1.82, 2.24) is 35.0 Å². The van der Waals surface area contributed by atoms with Crippen molar-refractivity contribution in [2.45, 2.75) is 27.3 Å². The number of aromatic nitrogens is 6. The molecule has 0 saturated heterocycles. The third-order valence-electron chi connectivity index (χ3n) is 4.75. The van der Waals surface area contributed by atoms with E-state index < -0.39 is 0 Å². The molecule has 9 nitrogen and oxygen atoms in total. The van der Waals surface area contributed by atoms with E-state index in [0.717, 1.165) is 17.8 Å². The molecule has 4 rings (SSSR count). The Morgan fingerprint density at radius 3 is 2.86 bits per heavy atom. The first-order valence-electron chi connectivity index (χ1n) is 9.45. The summed E-state index contributed by atoms with van der Waals surface area (Å²) in [4.78, 5) is 17.5. The van der Waals surface area contributed by atoms with Gasteiger partial charge in [0.15, 0.2) is 0 Å². The van der Waals surface area contributed by atoms with Gasteiger partial charge >= 0.3 is 0 Å². The molecule has 0 aliphatic heterocycles. The Morgan fingerprint density at radius 1 is 1.34 bits per heavy atom. The summed E-state index contributed by atoms with van der Waals surface area (Å²) < 4.78 is 8.91. The van der Waals surface area contributed by atoms with Crippen LogP contribution in [-0.2, 0) is 13.6 Å². The SMILES string of the molecule is Cc1ccn(CC(C)CNC(=O)c2cc(-c3cnn(C)c3)nc3onc(C)c23)n1. The minimum atomic E-state index is -0.183. The van der Waals surface area contributed by atoms with E-state index in [0.29, 0.717) is 34.6 Å². The van der Waals surface area contributed by atoms with E-state index >= 15 is 0 Å². The molecule has 1 atom stereocenters. The molecule has 0 saturated carbocycles. The average molecular weight is 393 g/mol. The zero-order valence-electron chi connectivity index (χ0n) is 16.9. The minimum absolute atomic E-state index is 0.183. The maximum absolute atomic E-state index is 13.0. The normalized spacial score (nSPS) is 12.4. The lowest BCUT2D eigenvalue weighted by molar-refractivity contribution is 0.0948. The van der Waals surface area contributed by atoms with Crippen LogP contribution in [0.3, 0.4) is 0 Å². The van der Waals surface area contributed by atoms with E-state index in [1.165, 1.54) is 0 Å². The molecule has 9 heteroatoms. The first-order valence-corrected chi connectivity index (χ1v) is 9.45. The minimum Gasteiger partial charge on any atom is -0.352 e. The number of nitrogens with zero attached hydrogens (tertiary/aromatic N) is 6. The third-order valence-corrected chi connectivity index (χ3v) is 4.75. The maximum atomic E-state index is 13.0. The molecule has 1 unspecified atom stereocenters. The second-order valence-electron chi connectivity index (χ2n) is 7.40. The quantitative estimate of drug-likeness (QED) is 0.540. The molecule has 0 fully saturated rings. The standard InChI is InChI=1S/C20H23N7O2/c1-12(10-27-6-5-13(2)24-27)8-21-19(28)16-7-17(15-9-22-26(4)11-15)23-20-18(16)14(3)25-29-20/h5-7,9,11-12H,8,10H2,1-4H3,(H,21,28). The van der Waals surface area contributed by atoms with E-state index in [4.69, 9.17) is 4.52 Å². The van der Waals surface area contributed by atoms with Crippen LogP contribution in [0.1, 0.15) is 28.7 Å². The predicted molar refractivity (Wildman–Crippen MR) is 107 cm³/mol. The zero-order chi connectivity index (χ0) is 20.5. The number of carbonyl (C=O) groups excluding carboxylic acids is 1. The van der Waals surface area contributed by atoms with E-state index in [2.05, 4.69) is 32.6 Å². The Hall–Kier alpha value is -3.49. The van der Waals surface area contributed by atoms with Crippen LogP contribution in [-0.4, -0.2) is 42.2 Å². The van der Waals surface area contributed by atoms with Crippen LogP contribution in [0.4, 0.5) is 0 Å². The first-order chi connectivity index (χ1) is 13.9.